The maximum Gasteiger partial charge on any atom is 0.251 e. The first-order valence-electron chi connectivity index (χ1n) is 10.9. The molecule has 0 radical (unpaired) electrons. The number of aromatic nitrogens is 2. The van der Waals surface area contributed by atoms with E-state index in [1.807, 2.05) is 31.2 Å². The van der Waals surface area contributed by atoms with Crippen LogP contribution in [0.1, 0.15) is 37.9 Å². The number of rotatable bonds is 5. The fourth-order valence-corrected chi connectivity index (χ4v) is 4.68. The van der Waals surface area contributed by atoms with Crippen molar-refractivity contribution in [2.45, 2.75) is 38.1 Å². The molecule has 160 valence electrons. The van der Waals surface area contributed by atoms with Crippen molar-refractivity contribution in [1.82, 2.24) is 14.9 Å². The molecule has 3 heterocycles. The number of para-hydroxylation sites is 2. The van der Waals surface area contributed by atoms with Gasteiger partial charge in [0.15, 0.2) is 0 Å². The van der Waals surface area contributed by atoms with Crippen molar-refractivity contribution in [3.63, 3.8) is 0 Å². The second kappa shape index (κ2) is 8.15. The van der Waals surface area contributed by atoms with Gasteiger partial charge in [-0.25, -0.2) is 9.88 Å². The molecule has 31 heavy (non-hydrogen) atoms. The lowest BCUT2D eigenvalue weighted by molar-refractivity contribution is -0.123. The van der Waals surface area contributed by atoms with E-state index in [1.54, 1.807) is 24.3 Å². The van der Waals surface area contributed by atoms with Gasteiger partial charge in [0.25, 0.3) is 5.91 Å². The van der Waals surface area contributed by atoms with Crippen molar-refractivity contribution in [2.75, 3.05) is 24.6 Å². The van der Waals surface area contributed by atoms with Crippen LogP contribution < -0.4 is 9.64 Å². The average molecular weight is 418 g/mol. The first-order chi connectivity index (χ1) is 15.1. The summed E-state index contributed by atoms with van der Waals surface area (Å²) in [5, 5.41) is 0. The van der Waals surface area contributed by atoms with Crippen LogP contribution >= 0.6 is 0 Å². The minimum atomic E-state index is -0.379. The smallest absolute Gasteiger partial charge is 0.251 e. The molecule has 1 N–H and O–H groups in total. The number of piperidine rings is 1. The Labute approximate surface area is 181 Å². The average Bonchev–Trinajstić information content (AvgIpc) is 3.35. The molecule has 2 aliphatic rings. The highest BCUT2D eigenvalue weighted by atomic mass is 16.5. The van der Waals surface area contributed by atoms with Crippen molar-refractivity contribution in [2.24, 2.45) is 0 Å². The van der Waals surface area contributed by atoms with Gasteiger partial charge in [-0.05, 0) is 69.3 Å². The second-order valence-corrected chi connectivity index (χ2v) is 8.16. The standard InChI is InChI=1S/C24H26N4O3/c1-2-31-18-9-7-17(8-10-18)28-22(29)15-21(24(28)30)27-13-11-16(12-14-27)23-25-19-5-3-4-6-20(19)26-23/h3-10,16,21H,2,11-15H2,1H3,(H,25,26). The molecule has 1 unspecified atom stereocenters. The predicted molar refractivity (Wildman–Crippen MR) is 118 cm³/mol. The van der Waals surface area contributed by atoms with E-state index in [0.29, 0.717) is 18.2 Å². The van der Waals surface area contributed by atoms with Crippen LogP contribution in [-0.4, -0.2) is 52.4 Å². The molecule has 0 aliphatic carbocycles. The molecule has 0 saturated carbocycles. The number of imidazole rings is 1. The zero-order chi connectivity index (χ0) is 21.4. The fraction of sp³-hybridized carbons (Fsp3) is 0.375. The molecule has 0 bridgehead atoms. The highest BCUT2D eigenvalue weighted by Crippen LogP contribution is 2.32. The van der Waals surface area contributed by atoms with Gasteiger partial charge in [-0.3, -0.25) is 14.5 Å². The minimum absolute atomic E-state index is 0.128. The molecule has 1 atom stereocenters. The highest BCUT2D eigenvalue weighted by molar-refractivity contribution is 6.22. The van der Waals surface area contributed by atoms with Crippen molar-refractivity contribution in [3.8, 4) is 5.75 Å². The fourth-order valence-electron chi connectivity index (χ4n) is 4.68. The Hall–Kier alpha value is -3.19. The Bertz CT molecular complexity index is 1070. The largest absolute Gasteiger partial charge is 0.494 e. The summed E-state index contributed by atoms with van der Waals surface area (Å²) >= 11 is 0. The van der Waals surface area contributed by atoms with E-state index in [-0.39, 0.29) is 24.3 Å². The van der Waals surface area contributed by atoms with Crippen LogP contribution in [-0.2, 0) is 9.59 Å². The van der Waals surface area contributed by atoms with Gasteiger partial charge in [0.05, 0.1) is 35.8 Å². The molecule has 2 aliphatic heterocycles. The number of amides is 2. The summed E-state index contributed by atoms with van der Waals surface area (Å²) in [4.78, 5) is 37.4. The number of anilines is 1. The maximum atomic E-state index is 13.1. The number of aromatic amines is 1. The number of likely N-dealkylation sites (tertiary alicyclic amines) is 1. The molecule has 3 aromatic rings. The number of fused-ring (bicyclic) bond motifs is 1. The normalized spacial score (nSPS) is 20.7. The SMILES string of the molecule is CCOc1ccc(N2C(=O)CC(N3CCC(c4nc5ccccc5[nH]4)CC3)C2=O)cc1. The lowest BCUT2D eigenvalue weighted by Gasteiger charge is -2.34. The van der Waals surface area contributed by atoms with Gasteiger partial charge in [-0.15, -0.1) is 0 Å². The van der Waals surface area contributed by atoms with Crippen LogP contribution in [0.2, 0.25) is 0 Å². The minimum Gasteiger partial charge on any atom is -0.494 e. The van der Waals surface area contributed by atoms with Crippen LogP contribution in [0, 0.1) is 0 Å². The van der Waals surface area contributed by atoms with Crippen molar-refractivity contribution in [3.05, 3.63) is 54.4 Å². The molecule has 2 aromatic carbocycles. The quantitative estimate of drug-likeness (QED) is 0.642. The summed E-state index contributed by atoms with van der Waals surface area (Å²) in [6.45, 7) is 4.06. The third kappa shape index (κ3) is 3.70. The zero-order valence-electron chi connectivity index (χ0n) is 17.6. The van der Waals surface area contributed by atoms with Gasteiger partial charge in [0, 0.05) is 5.92 Å². The lowest BCUT2D eigenvalue weighted by Crippen LogP contribution is -2.45. The molecule has 7 heteroatoms. The Morgan fingerprint density at radius 3 is 2.52 bits per heavy atom. The van der Waals surface area contributed by atoms with Crippen LogP contribution in [0.25, 0.3) is 11.0 Å². The van der Waals surface area contributed by atoms with Crippen LogP contribution in [0.4, 0.5) is 5.69 Å². The van der Waals surface area contributed by atoms with Gasteiger partial charge in [0.2, 0.25) is 5.91 Å². The van der Waals surface area contributed by atoms with Crippen LogP contribution in [0.3, 0.4) is 0 Å². The van der Waals surface area contributed by atoms with Gasteiger partial charge < -0.3 is 9.72 Å². The molecule has 7 nitrogen and oxygen atoms in total. The van der Waals surface area contributed by atoms with E-state index in [0.717, 1.165) is 48.5 Å². The monoisotopic (exact) mass is 418 g/mol. The Morgan fingerprint density at radius 2 is 1.81 bits per heavy atom. The molecular weight excluding hydrogens is 392 g/mol. The summed E-state index contributed by atoms with van der Waals surface area (Å²) in [6, 6.07) is 14.8. The molecule has 0 spiro atoms. The Kier molecular flexibility index (Phi) is 5.19. The topological polar surface area (TPSA) is 78.5 Å². The number of imide groups is 1. The predicted octanol–water partition coefficient (Wildman–Crippen LogP) is 3.47. The first-order valence-corrected chi connectivity index (χ1v) is 10.9. The van der Waals surface area contributed by atoms with Gasteiger partial charge >= 0.3 is 0 Å². The van der Waals surface area contributed by atoms with Crippen molar-refractivity contribution >= 4 is 28.5 Å². The number of nitrogens with one attached hydrogen (secondary N) is 1. The number of hydrogen-bond acceptors (Lipinski definition) is 5. The van der Waals surface area contributed by atoms with Gasteiger partial charge in [-0.1, -0.05) is 12.1 Å². The van der Waals surface area contributed by atoms with E-state index >= 15 is 0 Å². The van der Waals surface area contributed by atoms with Gasteiger partial charge in [0.1, 0.15) is 11.6 Å². The summed E-state index contributed by atoms with van der Waals surface area (Å²) in [5.41, 5.74) is 2.66. The molecular formula is C24H26N4O3. The summed E-state index contributed by atoms with van der Waals surface area (Å²) < 4.78 is 5.45. The number of nitrogens with zero attached hydrogens (tertiary/aromatic N) is 3. The molecule has 2 saturated heterocycles. The Balaban J connectivity index is 1.25. The lowest BCUT2D eigenvalue weighted by atomic mass is 9.95. The highest BCUT2D eigenvalue weighted by Gasteiger charge is 2.43. The Morgan fingerprint density at radius 1 is 1.06 bits per heavy atom. The van der Waals surface area contributed by atoms with Crippen LogP contribution in [0.5, 0.6) is 5.75 Å². The van der Waals surface area contributed by atoms with E-state index in [1.165, 1.54) is 4.90 Å². The summed E-state index contributed by atoms with van der Waals surface area (Å²) in [5.74, 6) is 1.83. The van der Waals surface area contributed by atoms with Crippen molar-refractivity contribution in [1.29, 1.82) is 0 Å². The maximum absolute atomic E-state index is 13.1. The number of hydrogen-bond donors (Lipinski definition) is 1. The van der Waals surface area contributed by atoms with E-state index in [2.05, 4.69) is 9.88 Å². The first kappa shape index (κ1) is 19.8. The second-order valence-electron chi connectivity index (χ2n) is 8.16. The number of H-pyrrole nitrogens is 1. The van der Waals surface area contributed by atoms with Crippen LogP contribution in [0.15, 0.2) is 48.5 Å². The molecule has 2 amide bonds. The van der Waals surface area contributed by atoms with Crippen molar-refractivity contribution < 1.29 is 14.3 Å². The number of carbonyl (C=O) groups excluding carboxylic acids is 2. The molecule has 5 rings (SSSR count). The zero-order valence-corrected chi connectivity index (χ0v) is 17.6. The molecule has 2 fully saturated rings. The number of carbonyl (C=O) groups is 2. The number of ether oxygens (including phenoxy) is 1. The summed E-state index contributed by atoms with van der Waals surface area (Å²) in [7, 11) is 0. The van der Waals surface area contributed by atoms with E-state index in [9.17, 15) is 9.59 Å². The third-order valence-corrected chi connectivity index (χ3v) is 6.29. The summed E-state index contributed by atoms with van der Waals surface area (Å²) in [6.07, 6.45) is 2.07. The van der Waals surface area contributed by atoms with Gasteiger partial charge in [-0.2, -0.15) is 0 Å². The van der Waals surface area contributed by atoms with E-state index in [4.69, 9.17) is 9.72 Å². The number of benzene rings is 2. The third-order valence-electron chi connectivity index (χ3n) is 6.29. The van der Waals surface area contributed by atoms with E-state index < -0.39 is 0 Å². The molecule has 1 aromatic heterocycles.